The quantitative estimate of drug-likeness (QED) is 0.0829. The lowest BCUT2D eigenvalue weighted by molar-refractivity contribution is -0.143. The molecule has 0 aliphatic heterocycles. The second kappa shape index (κ2) is 15.6. The van der Waals surface area contributed by atoms with Crippen molar-refractivity contribution in [3.05, 3.63) is 0 Å². The Morgan fingerprint density at radius 2 is 0.972 bits per heavy atom. The summed E-state index contributed by atoms with van der Waals surface area (Å²) < 4.78 is 0. The number of carboxylic acid groups (broad SMARTS) is 2. The van der Waals surface area contributed by atoms with Gasteiger partial charge in [-0.1, -0.05) is 0 Å². The average molecular weight is 517 g/mol. The van der Waals surface area contributed by atoms with Gasteiger partial charge in [0.05, 0.1) is 12.5 Å². The molecule has 0 saturated carbocycles. The molecule has 0 rings (SSSR count). The summed E-state index contributed by atoms with van der Waals surface area (Å²) in [5.41, 5.74) is 20.6. The van der Waals surface area contributed by atoms with Gasteiger partial charge in [0.15, 0.2) is 0 Å². The molecular formula is C19H31N7O10. The fraction of sp³-hybridized carbons (Fsp3) is 0.579. The van der Waals surface area contributed by atoms with Crippen molar-refractivity contribution in [2.45, 2.75) is 69.1 Å². The third kappa shape index (κ3) is 13.4. The van der Waals surface area contributed by atoms with Crippen LogP contribution < -0.4 is 38.9 Å². The standard InChI is InChI=1S/C19H31N7O10/c20-8(7-14(23)29)16(32)24-9(1-4-12(21)27)17(33)25-10(3-6-15(30)31)18(34)26-11(19(35)36)2-5-13(22)28/h8-11H,1-7,20H2,(H2,21,27)(H2,22,28)(H2,23,29)(H,24,32)(H,25,33)(H,26,34)(H,30,31)(H,35,36). The number of aliphatic carboxylic acids is 2. The molecule has 4 unspecified atom stereocenters. The van der Waals surface area contributed by atoms with Crippen LogP contribution in [0.2, 0.25) is 0 Å². The van der Waals surface area contributed by atoms with E-state index in [-0.39, 0.29) is 25.7 Å². The molecule has 0 aromatic carbocycles. The first kappa shape index (κ1) is 31.7. The lowest BCUT2D eigenvalue weighted by Gasteiger charge is -2.24. The van der Waals surface area contributed by atoms with Gasteiger partial charge in [-0.15, -0.1) is 0 Å². The van der Waals surface area contributed by atoms with Crippen LogP contribution in [0, 0.1) is 0 Å². The number of primary amides is 3. The van der Waals surface area contributed by atoms with Crippen LogP contribution in [-0.2, 0) is 38.4 Å². The Hall–Kier alpha value is -4.28. The summed E-state index contributed by atoms with van der Waals surface area (Å²) in [6.45, 7) is 0. The molecule has 17 heteroatoms. The highest BCUT2D eigenvalue weighted by Gasteiger charge is 2.31. The molecule has 202 valence electrons. The van der Waals surface area contributed by atoms with E-state index in [0.29, 0.717) is 0 Å². The van der Waals surface area contributed by atoms with E-state index >= 15 is 0 Å². The number of hydrogen-bond donors (Lipinski definition) is 9. The number of amides is 6. The van der Waals surface area contributed by atoms with Crippen LogP contribution in [0.3, 0.4) is 0 Å². The predicted octanol–water partition coefficient (Wildman–Crippen LogP) is -4.88. The summed E-state index contributed by atoms with van der Waals surface area (Å²) in [5.74, 6) is -8.52. The Morgan fingerprint density at radius 3 is 1.36 bits per heavy atom. The topological polar surface area (TPSA) is 317 Å². The van der Waals surface area contributed by atoms with Gasteiger partial charge in [-0.3, -0.25) is 33.6 Å². The van der Waals surface area contributed by atoms with Crippen LogP contribution in [0.5, 0.6) is 0 Å². The Morgan fingerprint density at radius 1 is 0.583 bits per heavy atom. The molecule has 17 nitrogen and oxygen atoms in total. The first-order valence-electron chi connectivity index (χ1n) is 10.6. The van der Waals surface area contributed by atoms with E-state index in [1.165, 1.54) is 0 Å². The molecule has 4 atom stereocenters. The second-order valence-corrected chi connectivity index (χ2v) is 7.74. The van der Waals surface area contributed by atoms with Crippen LogP contribution in [-0.4, -0.2) is 81.8 Å². The molecular weight excluding hydrogens is 486 g/mol. The summed E-state index contributed by atoms with van der Waals surface area (Å²) in [7, 11) is 0. The molecule has 0 fully saturated rings. The molecule has 0 spiro atoms. The van der Waals surface area contributed by atoms with Gasteiger partial charge in [-0.2, -0.15) is 0 Å². The Kier molecular flexibility index (Phi) is 13.7. The van der Waals surface area contributed by atoms with Crippen molar-refractivity contribution in [1.82, 2.24) is 16.0 Å². The van der Waals surface area contributed by atoms with Gasteiger partial charge in [-0.05, 0) is 19.3 Å². The van der Waals surface area contributed by atoms with Crippen LogP contribution >= 0.6 is 0 Å². The lowest BCUT2D eigenvalue weighted by Crippen LogP contribution is -2.57. The molecule has 0 aromatic rings. The van der Waals surface area contributed by atoms with Gasteiger partial charge in [-0.25, -0.2) is 4.79 Å². The molecule has 0 heterocycles. The van der Waals surface area contributed by atoms with Crippen molar-refractivity contribution >= 4 is 47.4 Å². The third-order valence-corrected chi connectivity index (χ3v) is 4.64. The smallest absolute Gasteiger partial charge is 0.326 e. The van der Waals surface area contributed by atoms with Crippen LogP contribution in [0.4, 0.5) is 0 Å². The van der Waals surface area contributed by atoms with Gasteiger partial charge < -0.3 is 49.1 Å². The lowest BCUT2D eigenvalue weighted by atomic mass is 10.1. The van der Waals surface area contributed by atoms with E-state index in [1.54, 1.807) is 0 Å². The molecule has 36 heavy (non-hydrogen) atoms. The van der Waals surface area contributed by atoms with Gasteiger partial charge in [0, 0.05) is 19.3 Å². The number of carbonyl (C=O) groups is 8. The maximum atomic E-state index is 12.8. The summed E-state index contributed by atoms with van der Waals surface area (Å²) in [6.07, 6.45) is -3.13. The maximum Gasteiger partial charge on any atom is 0.326 e. The largest absolute Gasteiger partial charge is 0.481 e. The number of rotatable bonds is 18. The van der Waals surface area contributed by atoms with Crippen LogP contribution in [0.15, 0.2) is 0 Å². The fourth-order valence-electron chi connectivity index (χ4n) is 2.77. The maximum absolute atomic E-state index is 12.8. The van der Waals surface area contributed by atoms with E-state index < -0.39 is 90.8 Å². The summed E-state index contributed by atoms with van der Waals surface area (Å²) >= 11 is 0. The first-order chi connectivity index (χ1) is 16.6. The normalized spacial score (nSPS) is 13.8. The Labute approximate surface area is 204 Å². The zero-order valence-corrected chi connectivity index (χ0v) is 19.2. The van der Waals surface area contributed by atoms with Gasteiger partial charge in [0.2, 0.25) is 35.4 Å². The minimum absolute atomic E-state index is 0.347. The third-order valence-electron chi connectivity index (χ3n) is 4.64. The molecule has 0 aliphatic rings. The van der Waals surface area contributed by atoms with Crippen LogP contribution in [0.1, 0.15) is 44.9 Å². The molecule has 0 aromatic heterocycles. The number of carboxylic acids is 2. The summed E-state index contributed by atoms with van der Waals surface area (Å²) in [5, 5.41) is 24.7. The molecule has 0 saturated heterocycles. The minimum atomic E-state index is -1.59. The molecule has 0 radical (unpaired) electrons. The second-order valence-electron chi connectivity index (χ2n) is 7.74. The zero-order chi connectivity index (χ0) is 28.0. The summed E-state index contributed by atoms with van der Waals surface area (Å²) in [4.78, 5) is 93.2. The SMILES string of the molecule is NC(=O)CCC(NC(=O)C(CCC(=O)O)NC(=O)C(CCC(N)=O)NC(=O)C(N)CC(N)=O)C(=O)O. The highest BCUT2D eigenvalue weighted by atomic mass is 16.4. The van der Waals surface area contributed by atoms with Crippen molar-refractivity contribution < 1.29 is 48.6 Å². The van der Waals surface area contributed by atoms with E-state index in [1.807, 2.05) is 0 Å². The number of nitrogens with two attached hydrogens (primary N) is 4. The van der Waals surface area contributed by atoms with Crippen molar-refractivity contribution in [2.75, 3.05) is 0 Å². The average Bonchev–Trinajstić information content (AvgIpc) is 2.75. The van der Waals surface area contributed by atoms with Gasteiger partial charge >= 0.3 is 11.9 Å². The van der Waals surface area contributed by atoms with E-state index in [9.17, 15) is 43.5 Å². The molecule has 0 bridgehead atoms. The van der Waals surface area contributed by atoms with E-state index in [0.717, 1.165) is 0 Å². The monoisotopic (exact) mass is 517 g/mol. The number of nitrogens with one attached hydrogen (secondary N) is 3. The van der Waals surface area contributed by atoms with Crippen molar-refractivity contribution in [1.29, 1.82) is 0 Å². The van der Waals surface area contributed by atoms with Gasteiger partial charge in [0.25, 0.3) is 0 Å². The molecule has 13 N–H and O–H groups in total. The number of carbonyl (C=O) groups excluding carboxylic acids is 6. The number of hydrogen-bond acceptors (Lipinski definition) is 9. The molecule has 6 amide bonds. The zero-order valence-electron chi connectivity index (χ0n) is 19.2. The van der Waals surface area contributed by atoms with E-state index in [2.05, 4.69) is 16.0 Å². The fourth-order valence-corrected chi connectivity index (χ4v) is 2.77. The van der Waals surface area contributed by atoms with Crippen molar-refractivity contribution in [3.63, 3.8) is 0 Å². The van der Waals surface area contributed by atoms with Gasteiger partial charge in [0.1, 0.15) is 18.1 Å². The Bertz CT molecular complexity index is 879. The van der Waals surface area contributed by atoms with Crippen molar-refractivity contribution in [2.24, 2.45) is 22.9 Å². The minimum Gasteiger partial charge on any atom is -0.481 e. The molecule has 0 aliphatic carbocycles. The Balaban J connectivity index is 5.66. The van der Waals surface area contributed by atoms with E-state index in [4.69, 9.17) is 28.0 Å². The first-order valence-corrected chi connectivity index (χ1v) is 10.6. The predicted molar refractivity (Wildman–Crippen MR) is 119 cm³/mol. The van der Waals surface area contributed by atoms with Crippen molar-refractivity contribution in [3.8, 4) is 0 Å². The highest BCUT2D eigenvalue weighted by Crippen LogP contribution is 2.06. The summed E-state index contributed by atoms with van der Waals surface area (Å²) in [6, 6.07) is -6.09. The highest BCUT2D eigenvalue weighted by molar-refractivity contribution is 5.95. The van der Waals surface area contributed by atoms with Crippen LogP contribution in [0.25, 0.3) is 0 Å².